The van der Waals surface area contributed by atoms with Gasteiger partial charge in [0.25, 0.3) is 5.91 Å². The Labute approximate surface area is 228 Å². The number of benzene rings is 2. The highest BCUT2D eigenvalue weighted by Gasteiger charge is 2.44. The molecule has 1 amide bonds. The Morgan fingerprint density at radius 2 is 2.00 bits per heavy atom. The molecule has 1 fully saturated rings. The van der Waals surface area contributed by atoms with Crippen LogP contribution in [0, 0.1) is 11.8 Å². The van der Waals surface area contributed by atoms with E-state index in [2.05, 4.69) is 21.8 Å². The molecule has 1 saturated carbocycles. The second kappa shape index (κ2) is 9.88. The molecule has 0 saturated heterocycles. The number of halogens is 1. The lowest BCUT2D eigenvalue weighted by Gasteiger charge is -2.45. The fourth-order valence-electron chi connectivity index (χ4n) is 6.71. The maximum absolute atomic E-state index is 13.0. The summed E-state index contributed by atoms with van der Waals surface area (Å²) in [6.45, 7) is 1.94. The number of hydrogen-bond acceptors (Lipinski definition) is 6. The normalized spacial score (nSPS) is 31.3. The molecule has 202 valence electrons. The van der Waals surface area contributed by atoms with Crippen molar-refractivity contribution in [2.24, 2.45) is 11.8 Å². The summed E-state index contributed by atoms with van der Waals surface area (Å²) in [6, 6.07) is 11.3. The molecule has 2 heterocycles. The number of sulfonamides is 1. The van der Waals surface area contributed by atoms with Crippen LogP contribution in [-0.2, 0) is 21.9 Å². The predicted molar refractivity (Wildman–Crippen MR) is 147 cm³/mol. The third-order valence-electron chi connectivity index (χ3n) is 8.83. The zero-order valence-electron chi connectivity index (χ0n) is 21.2. The number of aliphatic hydroxyl groups excluding tert-OH is 1. The number of carbonyl (C=O) groups is 1. The van der Waals surface area contributed by atoms with Gasteiger partial charge in [0.1, 0.15) is 5.75 Å². The largest absolute Gasteiger partial charge is 0.490 e. The molecule has 2 aliphatic heterocycles. The molecule has 2 aromatic carbocycles. The van der Waals surface area contributed by atoms with Gasteiger partial charge in [-0.25, -0.2) is 13.1 Å². The number of aryl methyl sites for hydroxylation is 1. The Kier molecular flexibility index (Phi) is 6.69. The molecule has 2 aliphatic carbocycles. The monoisotopic (exact) mass is 556 g/mol. The second-order valence-electron chi connectivity index (χ2n) is 11.3. The SMILES string of the molecule is O=C1NS(=O)(=O)C/C=C/C[C@H](O)[C@@H]2CC[C@H]2CN2C[C@@]3(CCCc4cc(Cl)ccc43)COc3ccc1cc32. The van der Waals surface area contributed by atoms with Crippen LogP contribution in [-0.4, -0.2) is 51.0 Å². The summed E-state index contributed by atoms with van der Waals surface area (Å²) < 4.78 is 33.7. The molecule has 6 rings (SSSR count). The Morgan fingerprint density at radius 3 is 2.82 bits per heavy atom. The zero-order chi connectivity index (χ0) is 26.5. The van der Waals surface area contributed by atoms with E-state index in [9.17, 15) is 18.3 Å². The third kappa shape index (κ3) is 4.82. The van der Waals surface area contributed by atoms with E-state index < -0.39 is 22.0 Å². The van der Waals surface area contributed by atoms with Crippen LogP contribution in [0.15, 0.2) is 48.6 Å². The third-order valence-corrected chi connectivity index (χ3v) is 10.2. The molecule has 0 unspecified atom stereocenters. The number of carbonyl (C=O) groups excluding carboxylic acids is 1. The van der Waals surface area contributed by atoms with E-state index in [0.29, 0.717) is 31.2 Å². The topological polar surface area (TPSA) is 95.9 Å². The van der Waals surface area contributed by atoms with Gasteiger partial charge in [-0.1, -0.05) is 29.8 Å². The van der Waals surface area contributed by atoms with Gasteiger partial charge in [0.15, 0.2) is 0 Å². The Balaban J connectivity index is 1.43. The predicted octanol–water partition coefficient (Wildman–Crippen LogP) is 4.22. The van der Waals surface area contributed by atoms with Crippen LogP contribution in [0.4, 0.5) is 5.69 Å². The number of fused-ring (bicyclic) bond motifs is 4. The molecule has 0 radical (unpaired) electrons. The highest BCUT2D eigenvalue weighted by molar-refractivity contribution is 7.90. The molecule has 0 aromatic heterocycles. The van der Waals surface area contributed by atoms with Gasteiger partial charge in [0.05, 0.1) is 24.2 Å². The van der Waals surface area contributed by atoms with Crippen LogP contribution in [0.2, 0.25) is 5.02 Å². The number of anilines is 1. The smallest absolute Gasteiger partial charge is 0.264 e. The van der Waals surface area contributed by atoms with Crippen molar-refractivity contribution in [2.75, 3.05) is 30.3 Å². The fourth-order valence-corrected chi connectivity index (χ4v) is 7.78. The van der Waals surface area contributed by atoms with E-state index in [1.165, 1.54) is 17.2 Å². The first kappa shape index (κ1) is 25.7. The van der Waals surface area contributed by atoms with Gasteiger partial charge in [-0.3, -0.25) is 4.79 Å². The molecule has 2 N–H and O–H groups in total. The van der Waals surface area contributed by atoms with Crippen molar-refractivity contribution in [3.05, 3.63) is 70.3 Å². The number of hydrogen-bond donors (Lipinski definition) is 2. The van der Waals surface area contributed by atoms with Crippen molar-refractivity contribution in [2.45, 2.75) is 50.0 Å². The second-order valence-corrected chi connectivity index (χ2v) is 13.5. The van der Waals surface area contributed by atoms with Crippen molar-refractivity contribution in [3.8, 4) is 5.75 Å². The summed E-state index contributed by atoms with van der Waals surface area (Å²) in [5, 5.41) is 11.7. The summed E-state index contributed by atoms with van der Waals surface area (Å²) in [4.78, 5) is 15.3. The number of amides is 1. The molecular weight excluding hydrogens is 524 g/mol. The minimum absolute atomic E-state index is 0.144. The van der Waals surface area contributed by atoms with Gasteiger partial charge < -0.3 is 14.7 Å². The Morgan fingerprint density at radius 1 is 1.13 bits per heavy atom. The molecule has 7 nitrogen and oxygen atoms in total. The summed E-state index contributed by atoms with van der Waals surface area (Å²) in [7, 11) is -3.85. The standard InChI is InChI=1S/C29H33ClN2O5S/c30-22-8-10-24-19(14-22)4-3-12-29(24)17-32-16-21-6-9-23(21)26(33)5-1-2-13-38(35,36)31-28(34)20-7-11-27(37-18-29)25(32)15-20/h1-2,7-8,10-11,14-15,21,23,26,33H,3-6,9,12-13,16-18H2,(H,31,34)/b2-1+/t21-,23+,26-,29-/m0/s1. The lowest BCUT2D eigenvalue weighted by Crippen LogP contribution is -2.49. The molecular formula is C29H33ClN2O5S. The molecule has 1 spiro atoms. The van der Waals surface area contributed by atoms with Crippen LogP contribution < -0.4 is 14.4 Å². The number of rotatable bonds is 0. The van der Waals surface area contributed by atoms with Crippen LogP contribution in [0.1, 0.15) is 53.6 Å². The van der Waals surface area contributed by atoms with Gasteiger partial charge in [0.2, 0.25) is 10.0 Å². The lowest BCUT2D eigenvalue weighted by atomic mass is 9.68. The van der Waals surface area contributed by atoms with Crippen molar-refractivity contribution >= 4 is 33.2 Å². The van der Waals surface area contributed by atoms with E-state index in [-0.39, 0.29) is 22.6 Å². The van der Waals surface area contributed by atoms with Gasteiger partial charge >= 0.3 is 0 Å². The van der Waals surface area contributed by atoms with E-state index in [4.69, 9.17) is 16.3 Å². The Hall–Kier alpha value is -2.55. The summed E-state index contributed by atoms with van der Waals surface area (Å²) >= 11 is 6.35. The van der Waals surface area contributed by atoms with Crippen molar-refractivity contribution in [1.82, 2.24) is 4.72 Å². The lowest BCUT2D eigenvalue weighted by molar-refractivity contribution is 0.0177. The number of nitrogens with one attached hydrogen (secondary N) is 1. The van der Waals surface area contributed by atoms with Gasteiger partial charge in [-0.15, -0.1) is 0 Å². The average Bonchev–Trinajstić information content (AvgIpc) is 3.01. The minimum Gasteiger partial charge on any atom is -0.490 e. The first-order valence-corrected chi connectivity index (χ1v) is 15.4. The molecule has 2 bridgehead atoms. The summed E-state index contributed by atoms with van der Waals surface area (Å²) in [6.07, 6.45) is 8.03. The van der Waals surface area contributed by atoms with Gasteiger partial charge in [-0.05, 0) is 91.8 Å². The van der Waals surface area contributed by atoms with Crippen LogP contribution in [0.3, 0.4) is 0 Å². The number of nitrogens with zero attached hydrogens (tertiary/aromatic N) is 1. The fraction of sp³-hybridized carbons (Fsp3) is 0.483. The number of ether oxygens (including phenoxy) is 1. The summed E-state index contributed by atoms with van der Waals surface area (Å²) in [5.74, 6) is 0.149. The minimum atomic E-state index is -3.85. The quantitative estimate of drug-likeness (QED) is 0.472. The van der Waals surface area contributed by atoms with E-state index in [1.807, 2.05) is 6.07 Å². The molecule has 9 heteroatoms. The maximum Gasteiger partial charge on any atom is 0.264 e. The van der Waals surface area contributed by atoms with Crippen molar-refractivity contribution in [1.29, 1.82) is 0 Å². The van der Waals surface area contributed by atoms with Gasteiger partial charge in [0, 0.05) is 29.1 Å². The first-order chi connectivity index (χ1) is 18.2. The Bertz CT molecular complexity index is 1390. The first-order valence-electron chi connectivity index (χ1n) is 13.4. The molecule has 38 heavy (non-hydrogen) atoms. The zero-order valence-corrected chi connectivity index (χ0v) is 22.8. The maximum atomic E-state index is 13.0. The highest BCUT2D eigenvalue weighted by atomic mass is 35.5. The van der Waals surface area contributed by atoms with Gasteiger partial charge in [-0.2, -0.15) is 0 Å². The van der Waals surface area contributed by atoms with Crippen molar-refractivity contribution < 1.29 is 23.1 Å². The van der Waals surface area contributed by atoms with Crippen molar-refractivity contribution in [3.63, 3.8) is 0 Å². The highest BCUT2D eigenvalue weighted by Crippen LogP contribution is 2.46. The van der Waals surface area contributed by atoms with Crippen LogP contribution in [0.25, 0.3) is 0 Å². The summed E-state index contributed by atoms with van der Waals surface area (Å²) in [5.41, 5.74) is 3.34. The van der Waals surface area contributed by atoms with Crippen LogP contribution >= 0.6 is 11.6 Å². The van der Waals surface area contributed by atoms with E-state index >= 15 is 0 Å². The molecule has 4 aliphatic rings. The average molecular weight is 557 g/mol. The van der Waals surface area contributed by atoms with E-state index in [1.54, 1.807) is 24.3 Å². The van der Waals surface area contributed by atoms with E-state index in [0.717, 1.165) is 49.4 Å². The molecule has 2 aromatic rings. The van der Waals surface area contributed by atoms with Crippen LogP contribution in [0.5, 0.6) is 5.75 Å². The molecule has 4 atom stereocenters. The number of aliphatic hydroxyl groups is 1.